The average Bonchev–Trinajstić information content (AvgIpc) is 2.68. The third-order valence-electron chi connectivity index (χ3n) is 4.91. The van der Waals surface area contributed by atoms with Gasteiger partial charge in [-0.2, -0.15) is 0 Å². The molecule has 1 atom stereocenters. The normalized spacial score (nSPS) is 12.7. The van der Waals surface area contributed by atoms with Crippen LogP contribution in [-0.4, -0.2) is 34.9 Å². The molecule has 0 heterocycles. The summed E-state index contributed by atoms with van der Waals surface area (Å²) in [7, 11) is 0. The molecule has 2 aromatic carbocycles. The van der Waals surface area contributed by atoms with E-state index in [2.05, 4.69) is 26.1 Å². The lowest BCUT2D eigenvalue weighted by Crippen LogP contribution is -2.53. The molecule has 0 bridgehead atoms. The summed E-state index contributed by atoms with van der Waals surface area (Å²) in [5, 5.41) is 2.97. The number of rotatable bonds is 7. The van der Waals surface area contributed by atoms with Crippen LogP contribution < -0.4 is 10.1 Å². The van der Waals surface area contributed by atoms with Crippen LogP contribution in [0.2, 0.25) is 0 Å². The topological polar surface area (TPSA) is 58.6 Å². The van der Waals surface area contributed by atoms with Gasteiger partial charge in [-0.05, 0) is 50.3 Å². The Morgan fingerprint density at radius 3 is 2.10 bits per heavy atom. The van der Waals surface area contributed by atoms with E-state index in [-0.39, 0.29) is 29.4 Å². The third-order valence-corrected chi connectivity index (χ3v) is 4.91. The fraction of sp³-hybridized carbons (Fsp3) is 0.462. The van der Waals surface area contributed by atoms with Gasteiger partial charge in [0.05, 0.1) is 0 Å². The molecule has 5 nitrogen and oxygen atoms in total. The first-order chi connectivity index (χ1) is 14.4. The molecule has 2 amide bonds. The van der Waals surface area contributed by atoms with Crippen LogP contribution in [0.3, 0.4) is 0 Å². The second kappa shape index (κ2) is 9.99. The Balaban J connectivity index is 2.21. The molecule has 1 N–H and O–H groups in total. The van der Waals surface area contributed by atoms with Crippen molar-refractivity contribution in [1.82, 2.24) is 10.2 Å². The summed E-state index contributed by atoms with van der Waals surface area (Å²) in [6, 6.07) is 16.8. The van der Waals surface area contributed by atoms with Crippen molar-refractivity contribution in [2.75, 3.05) is 6.61 Å². The van der Waals surface area contributed by atoms with Crippen molar-refractivity contribution in [3.63, 3.8) is 0 Å². The minimum atomic E-state index is -0.631. The van der Waals surface area contributed by atoms with E-state index in [4.69, 9.17) is 4.74 Å². The molecule has 0 fully saturated rings. The molecule has 2 aromatic rings. The minimum absolute atomic E-state index is 0.108. The van der Waals surface area contributed by atoms with Gasteiger partial charge in [-0.3, -0.25) is 9.59 Å². The SMILES string of the molecule is CC(C(=O)NC(C)(C)C)N(Cc1ccccc1)C(=O)COc1ccccc1C(C)(C)C. The zero-order valence-corrected chi connectivity index (χ0v) is 19.9. The molecule has 0 aliphatic carbocycles. The lowest BCUT2D eigenvalue weighted by molar-refractivity contribution is -0.142. The lowest BCUT2D eigenvalue weighted by Gasteiger charge is -2.31. The summed E-state index contributed by atoms with van der Waals surface area (Å²) >= 11 is 0. The Bertz CT molecular complexity index is 880. The molecule has 31 heavy (non-hydrogen) atoms. The van der Waals surface area contributed by atoms with Gasteiger partial charge in [0.1, 0.15) is 11.8 Å². The maximum absolute atomic E-state index is 13.2. The highest BCUT2D eigenvalue weighted by Crippen LogP contribution is 2.31. The molecule has 0 saturated carbocycles. The third kappa shape index (κ3) is 7.42. The van der Waals surface area contributed by atoms with Gasteiger partial charge in [0.2, 0.25) is 5.91 Å². The zero-order valence-electron chi connectivity index (χ0n) is 19.9. The number of nitrogens with one attached hydrogen (secondary N) is 1. The Kier molecular flexibility index (Phi) is 7.88. The Labute approximate surface area is 186 Å². The van der Waals surface area contributed by atoms with Crippen LogP contribution in [0.5, 0.6) is 5.75 Å². The van der Waals surface area contributed by atoms with E-state index in [9.17, 15) is 9.59 Å². The summed E-state index contributed by atoms with van der Waals surface area (Å²) in [6.07, 6.45) is 0. The van der Waals surface area contributed by atoms with Crippen LogP contribution >= 0.6 is 0 Å². The summed E-state index contributed by atoms with van der Waals surface area (Å²) in [5.74, 6) is 0.269. The standard InChI is InChI=1S/C26H36N2O3/c1-19(24(30)27-26(5,6)7)28(17-20-13-9-8-10-14-20)23(29)18-31-22-16-12-11-15-21(22)25(2,3)4/h8-16,19H,17-18H2,1-7H3,(H,27,30). The van der Waals surface area contributed by atoms with Gasteiger partial charge in [0.25, 0.3) is 5.91 Å². The maximum atomic E-state index is 13.2. The van der Waals surface area contributed by atoms with Gasteiger partial charge < -0.3 is 15.0 Å². The monoisotopic (exact) mass is 424 g/mol. The molecule has 0 radical (unpaired) electrons. The molecular formula is C26H36N2O3. The second-order valence-electron chi connectivity index (χ2n) is 9.96. The Morgan fingerprint density at radius 1 is 0.935 bits per heavy atom. The summed E-state index contributed by atoms with van der Waals surface area (Å²) in [6.45, 7) is 14.1. The van der Waals surface area contributed by atoms with Gasteiger partial charge >= 0.3 is 0 Å². The van der Waals surface area contributed by atoms with Crippen LogP contribution in [0.4, 0.5) is 0 Å². The number of hydrogen-bond donors (Lipinski definition) is 1. The highest BCUT2D eigenvalue weighted by Gasteiger charge is 2.29. The number of benzene rings is 2. The molecule has 0 aromatic heterocycles. The van der Waals surface area contributed by atoms with E-state index in [1.807, 2.05) is 75.4 Å². The highest BCUT2D eigenvalue weighted by molar-refractivity contribution is 5.88. The minimum Gasteiger partial charge on any atom is -0.483 e. The van der Waals surface area contributed by atoms with Gasteiger partial charge in [-0.25, -0.2) is 0 Å². The van der Waals surface area contributed by atoms with Crippen molar-refractivity contribution < 1.29 is 14.3 Å². The number of hydrogen-bond acceptors (Lipinski definition) is 3. The molecular weight excluding hydrogens is 388 g/mol. The van der Waals surface area contributed by atoms with Crippen molar-refractivity contribution in [3.8, 4) is 5.75 Å². The first kappa shape index (κ1) is 24.4. The molecule has 0 aliphatic rings. The highest BCUT2D eigenvalue weighted by atomic mass is 16.5. The quantitative estimate of drug-likeness (QED) is 0.701. The van der Waals surface area contributed by atoms with E-state index < -0.39 is 6.04 Å². The van der Waals surface area contributed by atoms with Gasteiger partial charge in [0.15, 0.2) is 6.61 Å². The molecule has 5 heteroatoms. The number of para-hydroxylation sites is 1. The number of carbonyl (C=O) groups excluding carboxylic acids is 2. The van der Waals surface area contributed by atoms with E-state index in [1.54, 1.807) is 11.8 Å². The van der Waals surface area contributed by atoms with Crippen molar-refractivity contribution >= 4 is 11.8 Å². The first-order valence-electron chi connectivity index (χ1n) is 10.8. The number of amides is 2. The van der Waals surface area contributed by atoms with Gasteiger partial charge in [-0.1, -0.05) is 69.3 Å². The van der Waals surface area contributed by atoms with Crippen LogP contribution in [0.25, 0.3) is 0 Å². The van der Waals surface area contributed by atoms with Crippen molar-refractivity contribution in [1.29, 1.82) is 0 Å². The van der Waals surface area contributed by atoms with E-state index in [0.717, 1.165) is 11.1 Å². The van der Waals surface area contributed by atoms with Crippen molar-refractivity contribution in [2.24, 2.45) is 0 Å². The summed E-state index contributed by atoms with van der Waals surface area (Å²) in [5.41, 5.74) is 1.51. The molecule has 1 unspecified atom stereocenters. The average molecular weight is 425 g/mol. The summed E-state index contributed by atoms with van der Waals surface area (Å²) < 4.78 is 5.95. The predicted molar refractivity (Wildman–Crippen MR) is 125 cm³/mol. The van der Waals surface area contributed by atoms with Crippen molar-refractivity contribution in [2.45, 2.75) is 72.0 Å². The van der Waals surface area contributed by atoms with E-state index in [1.165, 1.54) is 0 Å². The fourth-order valence-corrected chi connectivity index (χ4v) is 3.27. The van der Waals surface area contributed by atoms with Crippen LogP contribution in [0, 0.1) is 0 Å². The molecule has 0 aliphatic heterocycles. The second-order valence-corrected chi connectivity index (χ2v) is 9.96. The largest absolute Gasteiger partial charge is 0.483 e. The van der Waals surface area contributed by atoms with Gasteiger partial charge in [0, 0.05) is 12.1 Å². The lowest BCUT2D eigenvalue weighted by atomic mass is 9.86. The Hall–Kier alpha value is -2.82. The van der Waals surface area contributed by atoms with Crippen molar-refractivity contribution in [3.05, 3.63) is 65.7 Å². The number of carbonyl (C=O) groups is 2. The van der Waals surface area contributed by atoms with Crippen LogP contribution in [0.15, 0.2) is 54.6 Å². The van der Waals surface area contributed by atoms with E-state index >= 15 is 0 Å². The smallest absolute Gasteiger partial charge is 0.261 e. The first-order valence-corrected chi connectivity index (χ1v) is 10.8. The van der Waals surface area contributed by atoms with Crippen LogP contribution in [0.1, 0.15) is 59.6 Å². The molecule has 168 valence electrons. The van der Waals surface area contributed by atoms with Crippen LogP contribution in [-0.2, 0) is 21.5 Å². The molecule has 0 saturated heterocycles. The molecule has 0 spiro atoms. The van der Waals surface area contributed by atoms with E-state index in [0.29, 0.717) is 12.3 Å². The zero-order chi connectivity index (χ0) is 23.2. The fourth-order valence-electron chi connectivity index (χ4n) is 3.27. The maximum Gasteiger partial charge on any atom is 0.261 e. The number of nitrogens with zero attached hydrogens (tertiary/aromatic N) is 1. The number of ether oxygens (including phenoxy) is 1. The van der Waals surface area contributed by atoms with Gasteiger partial charge in [-0.15, -0.1) is 0 Å². The predicted octanol–water partition coefficient (Wildman–Crippen LogP) is 4.69. The molecule has 2 rings (SSSR count). The summed E-state index contributed by atoms with van der Waals surface area (Å²) in [4.78, 5) is 27.6. The Morgan fingerprint density at radius 2 is 1.52 bits per heavy atom.